The molecule has 1 aromatic carbocycles. The van der Waals surface area contributed by atoms with E-state index in [0.717, 1.165) is 30.5 Å². The molecule has 4 nitrogen and oxygen atoms in total. The van der Waals surface area contributed by atoms with Crippen LogP contribution in [0, 0.1) is 0 Å². The fourth-order valence-corrected chi connectivity index (χ4v) is 2.61. The normalized spacial score (nSPS) is 10.4. The number of nitrogen functional groups attached to an aromatic ring is 1. The highest BCUT2D eigenvalue weighted by atomic mass is 32.1. The van der Waals surface area contributed by atoms with E-state index in [0.29, 0.717) is 17.2 Å². The number of nitrogens with one attached hydrogen (secondary N) is 1. The standard InChI is InChI=1S/C15H19N3OS/c1-2-3-4-8-14(19)18-15-17-13(10-20-15)11-6-5-7-12(16)9-11/h5-7,9-10H,2-4,8,16H2,1H3,(H,17,18,19). The predicted molar refractivity (Wildman–Crippen MR) is 84.7 cm³/mol. The number of nitrogens with two attached hydrogens (primary N) is 1. The molecule has 106 valence electrons. The zero-order chi connectivity index (χ0) is 14.4. The lowest BCUT2D eigenvalue weighted by Crippen LogP contribution is -2.10. The highest BCUT2D eigenvalue weighted by Gasteiger charge is 2.08. The number of anilines is 2. The van der Waals surface area contributed by atoms with E-state index in [4.69, 9.17) is 5.73 Å². The van der Waals surface area contributed by atoms with E-state index in [1.165, 1.54) is 11.3 Å². The molecule has 0 aliphatic carbocycles. The summed E-state index contributed by atoms with van der Waals surface area (Å²) in [5.74, 6) is 0.0342. The molecule has 0 aliphatic heterocycles. The minimum absolute atomic E-state index is 0.0342. The van der Waals surface area contributed by atoms with Gasteiger partial charge in [-0.25, -0.2) is 4.98 Å². The van der Waals surface area contributed by atoms with Gasteiger partial charge in [-0.05, 0) is 18.6 Å². The first kappa shape index (κ1) is 14.5. The molecule has 3 N–H and O–H groups in total. The number of carbonyl (C=O) groups excluding carboxylic acids is 1. The monoisotopic (exact) mass is 289 g/mol. The number of thiazole rings is 1. The molecule has 0 bridgehead atoms. The number of carbonyl (C=O) groups is 1. The second-order valence-electron chi connectivity index (χ2n) is 4.67. The first-order chi connectivity index (χ1) is 9.69. The minimum atomic E-state index is 0.0342. The van der Waals surface area contributed by atoms with Crippen molar-refractivity contribution >= 4 is 28.1 Å². The lowest BCUT2D eigenvalue weighted by Gasteiger charge is -2.01. The summed E-state index contributed by atoms with van der Waals surface area (Å²) in [4.78, 5) is 16.1. The van der Waals surface area contributed by atoms with Gasteiger partial charge in [-0.1, -0.05) is 31.9 Å². The summed E-state index contributed by atoms with van der Waals surface area (Å²) in [6.07, 6.45) is 3.68. The maximum Gasteiger partial charge on any atom is 0.226 e. The molecule has 5 heteroatoms. The van der Waals surface area contributed by atoms with Crippen LogP contribution in [0.1, 0.15) is 32.6 Å². The van der Waals surface area contributed by atoms with Crippen molar-refractivity contribution in [3.8, 4) is 11.3 Å². The second kappa shape index (κ2) is 7.05. The summed E-state index contributed by atoms with van der Waals surface area (Å²) in [5, 5.41) is 5.41. The number of unbranched alkanes of at least 4 members (excludes halogenated alkanes) is 2. The molecule has 0 radical (unpaired) electrons. The van der Waals surface area contributed by atoms with Crippen molar-refractivity contribution in [2.24, 2.45) is 0 Å². The third kappa shape index (κ3) is 4.06. The Morgan fingerprint density at radius 1 is 1.40 bits per heavy atom. The van der Waals surface area contributed by atoms with Crippen LogP contribution in [0.4, 0.5) is 10.8 Å². The summed E-state index contributed by atoms with van der Waals surface area (Å²) < 4.78 is 0. The van der Waals surface area contributed by atoms with E-state index in [1.807, 2.05) is 29.6 Å². The maximum absolute atomic E-state index is 11.7. The number of hydrogen-bond donors (Lipinski definition) is 2. The van der Waals surface area contributed by atoms with E-state index < -0.39 is 0 Å². The van der Waals surface area contributed by atoms with E-state index in [2.05, 4.69) is 17.2 Å². The Balaban J connectivity index is 1.97. The average molecular weight is 289 g/mol. The Hall–Kier alpha value is -1.88. The van der Waals surface area contributed by atoms with Crippen LogP contribution in [0.25, 0.3) is 11.3 Å². The van der Waals surface area contributed by atoms with Crippen LogP contribution in [0.15, 0.2) is 29.6 Å². The molecule has 0 saturated carbocycles. The van der Waals surface area contributed by atoms with Crippen LogP contribution in [0.5, 0.6) is 0 Å². The average Bonchev–Trinajstić information content (AvgIpc) is 2.87. The summed E-state index contributed by atoms with van der Waals surface area (Å²) in [5.41, 5.74) is 8.27. The number of amides is 1. The van der Waals surface area contributed by atoms with Gasteiger partial charge in [0.15, 0.2) is 5.13 Å². The quantitative estimate of drug-likeness (QED) is 0.625. The molecule has 2 aromatic rings. The Bertz CT molecular complexity index is 580. The largest absolute Gasteiger partial charge is 0.399 e. The maximum atomic E-state index is 11.7. The molecule has 1 amide bonds. The fourth-order valence-electron chi connectivity index (χ4n) is 1.88. The van der Waals surface area contributed by atoms with E-state index in [9.17, 15) is 4.79 Å². The molecular formula is C15H19N3OS. The molecule has 20 heavy (non-hydrogen) atoms. The Kier molecular flexibility index (Phi) is 5.12. The van der Waals surface area contributed by atoms with Crippen LogP contribution < -0.4 is 11.1 Å². The van der Waals surface area contributed by atoms with Gasteiger partial charge in [0.2, 0.25) is 5.91 Å². The van der Waals surface area contributed by atoms with E-state index in [1.54, 1.807) is 0 Å². The van der Waals surface area contributed by atoms with Crippen LogP contribution >= 0.6 is 11.3 Å². The molecule has 2 rings (SSSR count). The minimum Gasteiger partial charge on any atom is -0.399 e. The van der Waals surface area contributed by atoms with Crippen molar-refractivity contribution in [3.63, 3.8) is 0 Å². The van der Waals surface area contributed by atoms with Gasteiger partial charge in [-0.2, -0.15) is 0 Å². The molecule has 1 heterocycles. The molecular weight excluding hydrogens is 270 g/mol. The summed E-state index contributed by atoms with van der Waals surface area (Å²) in [7, 11) is 0. The van der Waals surface area contributed by atoms with Crippen LogP contribution in [0.3, 0.4) is 0 Å². The Morgan fingerprint density at radius 3 is 3.00 bits per heavy atom. The number of nitrogens with zero attached hydrogens (tertiary/aromatic N) is 1. The highest BCUT2D eigenvalue weighted by molar-refractivity contribution is 7.14. The summed E-state index contributed by atoms with van der Waals surface area (Å²) >= 11 is 1.43. The van der Waals surface area contributed by atoms with Gasteiger partial charge >= 0.3 is 0 Å². The molecule has 0 fully saturated rings. The van der Waals surface area contributed by atoms with Gasteiger partial charge < -0.3 is 11.1 Å². The zero-order valence-corrected chi connectivity index (χ0v) is 12.4. The third-order valence-corrected chi connectivity index (χ3v) is 3.70. The zero-order valence-electron chi connectivity index (χ0n) is 11.6. The van der Waals surface area contributed by atoms with Crippen molar-refractivity contribution in [2.75, 3.05) is 11.1 Å². The lowest BCUT2D eigenvalue weighted by molar-refractivity contribution is -0.116. The van der Waals surface area contributed by atoms with Gasteiger partial charge in [0, 0.05) is 23.1 Å². The van der Waals surface area contributed by atoms with Crippen molar-refractivity contribution in [1.82, 2.24) is 4.98 Å². The molecule has 0 aliphatic rings. The third-order valence-electron chi connectivity index (χ3n) is 2.94. The van der Waals surface area contributed by atoms with Crippen molar-refractivity contribution < 1.29 is 4.79 Å². The number of benzene rings is 1. The lowest BCUT2D eigenvalue weighted by atomic mass is 10.1. The smallest absolute Gasteiger partial charge is 0.226 e. The Morgan fingerprint density at radius 2 is 2.25 bits per heavy atom. The number of rotatable bonds is 6. The summed E-state index contributed by atoms with van der Waals surface area (Å²) in [6.45, 7) is 2.12. The van der Waals surface area contributed by atoms with Crippen molar-refractivity contribution in [1.29, 1.82) is 0 Å². The summed E-state index contributed by atoms with van der Waals surface area (Å²) in [6, 6.07) is 7.57. The number of aromatic nitrogens is 1. The number of hydrogen-bond acceptors (Lipinski definition) is 4. The van der Waals surface area contributed by atoms with Crippen LogP contribution in [0.2, 0.25) is 0 Å². The van der Waals surface area contributed by atoms with E-state index >= 15 is 0 Å². The van der Waals surface area contributed by atoms with Gasteiger partial charge in [-0.15, -0.1) is 11.3 Å². The highest BCUT2D eigenvalue weighted by Crippen LogP contribution is 2.26. The van der Waals surface area contributed by atoms with Gasteiger partial charge in [-0.3, -0.25) is 4.79 Å². The van der Waals surface area contributed by atoms with Crippen LogP contribution in [-0.2, 0) is 4.79 Å². The Labute approximate surface area is 123 Å². The molecule has 1 aromatic heterocycles. The SMILES string of the molecule is CCCCCC(=O)Nc1nc(-c2cccc(N)c2)cs1. The van der Waals surface area contributed by atoms with Crippen LogP contribution in [-0.4, -0.2) is 10.9 Å². The van der Waals surface area contributed by atoms with Crippen molar-refractivity contribution in [3.05, 3.63) is 29.6 Å². The first-order valence-corrected chi connectivity index (χ1v) is 7.68. The van der Waals surface area contributed by atoms with E-state index in [-0.39, 0.29) is 5.91 Å². The second-order valence-corrected chi connectivity index (χ2v) is 5.53. The first-order valence-electron chi connectivity index (χ1n) is 6.80. The topological polar surface area (TPSA) is 68.0 Å². The van der Waals surface area contributed by atoms with Gasteiger partial charge in [0.1, 0.15) is 0 Å². The fraction of sp³-hybridized carbons (Fsp3) is 0.333. The predicted octanol–water partition coefficient (Wildman–Crippen LogP) is 3.91. The molecule has 0 spiro atoms. The van der Waals surface area contributed by atoms with Crippen molar-refractivity contribution in [2.45, 2.75) is 32.6 Å². The van der Waals surface area contributed by atoms with Gasteiger partial charge in [0.25, 0.3) is 0 Å². The molecule has 0 unspecified atom stereocenters. The molecule has 0 atom stereocenters. The van der Waals surface area contributed by atoms with Gasteiger partial charge in [0.05, 0.1) is 5.69 Å². The molecule has 0 saturated heterocycles.